The van der Waals surface area contributed by atoms with Crippen LogP contribution in [0.1, 0.15) is 57.7 Å². The lowest BCUT2D eigenvalue weighted by Gasteiger charge is -2.35. The summed E-state index contributed by atoms with van der Waals surface area (Å²) in [6, 6.07) is 6.13. The summed E-state index contributed by atoms with van der Waals surface area (Å²) < 4.78 is 33.5. The van der Waals surface area contributed by atoms with Crippen molar-refractivity contribution in [3.8, 4) is 10.4 Å². The van der Waals surface area contributed by atoms with Gasteiger partial charge in [-0.2, -0.15) is 0 Å². The van der Waals surface area contributed by atoms with E-state index in [1.807, 2.05) is 57.5 Å². The number of hydrogen-bond acceptors (Lipinski definition) is 13. The van der Waals surface area contributed by atoms with Crippen molar-refractivity contribution in [2.75, 3.05) is 92.3 Å². The molecule has 0 saturated carbocycles. The number of carbonyl (C=O) groups is 3. The molecule has 15 nitrogen and oxygen atoms in total. The molecule has 2 aromatic rings. The molecular formula is C40H63N5O10S. The number of aromatic nitrogens is 1. The first-order valence-electron chi connectivity index (χ1n) is 19.8. The van der Waals surface area contributed by atoms with E-state index < -0.39 is 29.5 Å². The van der Waals surface area contributed by atoms with E-state index in [1.165, 1.54) is 4.90 Å². The fraction of sp³-hybridized carbons (Fsp3) is 0.700. The Hall–Kier alpha value is -3.06. The van der Waals surface area contributed by atoms with Crippen LogP contribution in [0.15, 0.2) is 29.8 Å². The molecule has 2 saturated heterocycles. The van der Waals surface area contributed by atoms with Gasteiger partial charge in [0.2, 0.25) is 17.7 Å². The number of β-amino-alcohol motifs (C(OH)–C–C–N with tert-alkyl or cyclic N) is 1. The Morgan fingerprint density at radius 3 is 2.02 bits per heavy atom. The topological polar surface area (TPSA) is 179 Å². The van der Waals surface area contributed by atoms with E-state index in [9.17, 15) is 19.5 Å². The van der Waals surface area contributed by atoms with Gasteiger partial charge in [-0.15, -0.1) is 11.3 Å². The monoisotopic (exact) mass is 805 g/mol. The summed E-state index contributed by atoms with van der Waals surface area (Å²) in [5, 5.41) is 19.6. The number of benzene rings is 1. The van der Waals surface area contributed by atoms with Crippen LogP contribution in [0.2, 0.25) is 0 Å². The van der Waals surface area contributed by atoms with Gasteiger partial charge < -0.3 is 54.4 Å². The second kappa shape index (κ2) is 24.7. The van der Waals surface area contributed by atoms with Crippen molar-refractivity contribution in [3.05, 3.63) is 41.0 Å². The number of hydrogen-bond donors (Lipinski definition) is 4. The van der Waals surface area contributed by atoms with Gasteiger partial charge in [-0.05, 0) is 49.4 Å². The number of nitrogens with zero attached hydrogens (tertiary/aromatic N) is 2. The van der Waals surface area contributed by atoms with Gasteiger partial charge in [0.1, 0.15) is 12.1 Å². The molecule has 314 valence electrons. The number of piperidine rings is 1. The minimum atomic E-state index is -0.908. The largest absolute Gasteiger partial charge is 0.391 e. The molecule has 2 aliphatic rings. The third-order valence-corrected chi connectivity index (χ3v) is 10.5. The molecular weight excluding hydrogens is 743 g/mol. The smallest absolute Gasteiger partial charge is 0.246 e. The van der Waals surface area contributed by atoms with Crippen molar-refractivity contribution in [1.82, 2.24) is 25.8 Å². The minimum Gasteiger partial charge on any atom is -0.391 e. The average molecular weight is 806 g/mol. The molecule has 3 heterocycles. The summed E-state index contributed by atoms with van der Waals surface area (Å²) >= 11 is 1.58. The lowest BCUT2D eigenvalue weighted by molar-refractivity contribution is -0.144. The maximum atomic E-state index is 13.9. The molecule has 2 aliphatic heterocycles. The number of carbonyl (C=O) groups excluding carboxylic acids is 3. The Balaban J connectivity index is 1.04. The lowest BCUT2D eigenvalue weighted by atomic mass is 9.85. The van der Waals surface area contributed by atoms with Gasteiger partial charge >= 0.3 is 0 Å². The third kappa shape index (κ3) is 16.1. The highest BCUT2D eigenvalue weighted by Crippen LogP contribution is 2.28. The molecule has 0 spiro atoms. The first kappa shape index (κ1) is 45.6. The number of aryl methyl sites for hydroxylation is 1. The molecule has 16 heteroatoms. The van der Waals surface area contributed by atoms with Gasteiger partial charge in [-0.1, -0.05) is 45.0 Å². The maximum absolute atomic E-state index is 13.9. The lowest BCUT2D eigenvalue weighted by Crippen LogP contribution is -2.57. The van der Waals surface area contributed by atoms with E-state index in [1.54, 1.807) is 11.3 Å². The highest BCUT2D eigenvalue weighted by atomic mass is 32.1. The van der Waals surface area contributed by atoms with E-state index >= 15 is 0 Å². The molecule has 2 fully saturated rings. The Kier molecular flexibility index (Phi) is 20.1. The number of thiazole rings is 1. The standard InChI is InChI=1S/C40H63N5O10S/c1-29-36(56-28-43-29)31-7-5-30(6-8-31)26-42-38(48)34-25-32(46)27-45(34)39(49)37(40(2,3)4)44-35(47)11-14-50-15-16-51-17-18-52-19-20-53-21-22-54-23-24-55-33-9-12-41-13-10-33/h5-8,28,32-34,37,41,46H,9-27H2,1-4H3,(H,42,48)(H,44,47)/t32-,34+,37-/m1/s1. The van der Waals surface area contributed by atoms with Crippen molar-refractivity contribution in [3.63, 3.8) is 0 Å². The van der Waals surface area contributed by atoms with Crippen LogP contribution >= 0.6 is 11.3 Å². The second-order valence-electron chi connectivity index (χ2n) is 15.1. The SMILES string of the molecule is Cc1ncsc1-c1ccc(CNC(=O)[C@@H]2C[C@@H](O)CN2C(=O)[C@@H](NC(=O)CCOCCOCCOCCOCCOCCOC2CCNCC2)C(C)(C)C)cc1. The van der Waals surface area contributed by atoms with Crippen LogP contribution < -0.4 is 16.0 Å². The molecule has 3 amide bonds. The van der Waals surface area contributed by atoms with Crippen molar-refractivity contribution in [2.45, 2.75) is 84.2 Å². The summed E-state index contributed by atoms with van der Waals surface area (Å²) in [7, 11) is 0. The van der Waals surface area contributed by atoms with Gasteiger partial charge in [0.25, 0.3) is 0 Å². The number of likely N-dealkylation sites (tertiary alicyclic amines) is 1. The van der Waals surface area contributed by atoms with Crippen molar-refractivity contribution < 1.29 is 47.9 Å². The molecule has 0 aliphatic carbocycles. The van der Waals surface area contributed by atoms with E-state index in [0.29, 0.717) is 72.2 Å². The van der Waals surface area contributed by atoms with E-state index in [0.717, 1.165) is 47.6 Å². The van der Waals surface area contributed by atoms with Gasteiger partial charge in [0, 0.05) is 25.9 Å². The Labute approximate surface area is 335 Å². The quantitative estimate of drug-likeness (QED) is 0.108. The molecule has 0 unspecified atom stereocenters. The van der Waals surface area contributed by atoms with Crippen molar-refractivity contribution in [1.29, 1.82) is 0 Å². The van der Waals surface area contributed by atoms with Crippen LogP contribution in [-0.2, 0) is 49.3 Å². The van der Waals surface area contributed by atoms with Gasteiger partial charge in [-0.3, -0.25) is 14.4 Å². The van der Waals surface area contributed by atoms with Gasteiger partial charge in [0.15, 0.2) is 0 Å². The number of aliphatic hydroxyl groups is 1. The fourth-order valence-corrected chi connectivity index (χ4v) is 7.21. The highest BCUT2D eigenvalue weighted by molar-refractivity contribution is 7.13. The van der Waals surface area contributed by atoms with Crippen LogP contribution in [0, 0.1) is 12.3 Å². The summed E-state index contributed by atoms with van der Waals surface area (Å²) in [6.07, 6.45) is 1.77. The molecule has 3 atom stereocenters. The number of aliphatic hydroxyl groups excluding tert-OH is 1. The number of ether oxygens (including phenoxy) is 6. The first-order valence-corrected chi connectivity index (χ1v) is 20.7. The van der Waals surface area contributed by atoms with Crippen LogP contribution in [0.5, 0.6) is 0 Å². The van der Waals surface area contributed by atoms with Crippen LogP contribution in [0.3, 0.4) is 0 Å². The zero-order valence-corrected chi connectivity index (χ0v) is 34.4. The zero-order valence-electron chi connectivity index (χ0n) is 33.6. The van der Waals surface area contributed by atoms with E-state index in [2.05, 4.69) is 20.9 Å². The molecule has 1 aromatic carbocycles. The molecule has 0 radical (unpaired) electrons. The zero-order chi connectivity index (χ0) is 40.2. The summed E-state index contributed by atoms with van der Waals surface area (Å²) in [6.45, 7) is 14.6. The van der Waals surface area contributed by atoms with Crippen LogP contribution in [0.25, 0.3) is 10.4 Å². The van der Waals surface area contributed by atoms with E-state index in [4.69, 9.17) is 28.4 Å². The molecule has 0 bridgehead atoms. The summed E-state index contributed by atoms with van der Waals surface area (Å²) in [5.41, 5.74) is 4.10. The van der Waals surface area contributed by atoms with Crippen LogP contribution in [0.4, 0.5) is 0 Å². The van der Waals surface area contributed by atoms with Crippen molar-refractivity contribution >= 4 is 29.1 Å². The predicted octanol–water partition coefficient (Wildman–Crippen LogP) is 2.47. The highest BCUT2D eigenvalue weighted by Gasteiger charge is 2.44. The van der Waals surface area contributed by atoms with Gasteiger partial charge in [0.05, 0.1) is 101 Å². The van der Waals surface area contributed by atoms with Gasteiger partial charge in [-0.25, -0.2) is 4.98 Å². The normalized spacial score (nSPS) is 18.3. The Bertz CT molecular complexity index is 1450. The predicted molar refractivity (Wildman–Crippen MR) is 212 cm³/mol. The maximum Gasteiger partial charge on any atom is 0.246 e. The molecule has 4 N–H and O–H groups in total. The fourth-order valence-electron chi connectivity index (χ4n) is 6.40. The molecule has 56 heavy (non-hydrogen) atoms. The Morgan fingerprint density at radius 1 is 0.893 bits per heavy atom. The number of rotatable bonds is 25. The first-order chi connectivity index (χ1) is 27.0. The van der Waals surface area contributed by atoms with Crippen molar-refractivity contribution in [2.24, 2.45) is 5.41 Å². The third-order valence-electron chi connectivity index (χ3n) is 9.54. The second-order valence-corrected chi connectivity index (χ2v) is 15.9. The summed E-state index contributed by atoms with van der Waals surface area (Å²) in [4.78, 5) is 46.9. The summed E-state index contributed by atoms with van der Waals surface area (Å²) in [5.74, 6) is -1.11. The van der Waals surface area contributed by atoms with E-state index in [-0.39, 0.29) is 44.4 Å². The molecule has 1 aromatic heterocycles. The molecule has 4 rings (SSSR count). The minimum absolute atomic E-state index is 0.00904. The number of nitrogens with one attached hydrogen (secondary N) is 3. The average Bonchev–Trinajstić information content (AvgIpc) is 3.80. The van der Waals surface area contributed by atoms with Crippen LogP contribution in [-0.4, -0.2) is 149 Å². The Morgan fingerprint density at radius 2 is 1.46 bits per heavy atom. The number of amides is 3.